The summed E-state index contributed by atoms with van der Waals surface area (Å²) in [6, 6.07) is 2.87. The van der Waals surface area contributed by atoms with Gasteiger partial charge in [0.25, 0.3) is 0 Å². The lowest BCUT2D eigenvalue weighted by Crippen LogP contribution is -2.26. The van der Waals surface area contributed by atoms with Gasteiger partial charge in [-0.2, -0.15) is 42.0 Å². The Morgan fingerprint density at radius 3 is 2.00 bits per heavy atom. The molecule has 22 heavy (non-hydrogen) atoms. The highest BCUT2D eigenvalue weighted by atomic mass is 79.9. The smallest absolute Gasteiger partial charge is 0.268 e. The number of hydrogen-bond acceptors (Lipinski definition) is 3. The van der Waals surface area contributed by atoms with Crippen molar-refractivity contribution in [3.63, 3.8) is 0 Å². The number of alkyl halides is 6. The van der Waals surface area contributed by atoms with Crippen LogP contribution in [0.4, 0.5) is 26.3 Å². The summed E-state index contributed by atoms with van der Waals surface area (Å²) in [7, 11) is 0. The van der Waals surface area contributed by atoms with Crippen LogP contribution in [0.25, 0.3) is 0 Å². The van der Waals surface area contributed by atoms with Crippen LogP contribution in [0.15, 0.2) is 10.7 Å². The van der Waals surface area contributed by atoms with Crippen molar-refractivity contribution in [2.75, 3.05) is 0 Å². The van der Waals surface area contributed by atoms with Crippen LogP contribution < -0.4 is 0 Å². The maximum atomic E-state index is 12.6. The summed E-state index contributed by atoms with van der Waals surface area (Å²) >= 11 is 2.63. The number of hydrogen-bond donors (Lipinski definition) is 0. The van der Waals surface area contributed by atoms with Crippen LogP contribution in [-0.4, -0.2) is 16.0 Å². The van der Waals surface area contributed by atoms with Gasteiger partial charge in [-0.15, -0.1) is 0 Å². The average Bonchev–Trinajstić information content (AvgIpc) is 2.74. The van der Waals surface area contributed by atoms with Crippen molar-refractivity contribution in [1.29, 1.82) is 10.5 Å². The zero-order valence-electron chi connectivity index (χ0n) is 10.6. The highest BCUT2D eigenvalue weighted by molar-refractivity contribution is 9.10. The highest BCUT2D eigenvalue weighted by Gasteiger charge is 2.40. The fourth-order valence-corrected chi connectivity index (χ4v) is 2.13. The number of aromatic nitrogens is 2. The molecule has 1 aromatic heterocycles. The Hall–Kier alpha value is -1.75. The summed E-state index contributed by atoms with van der Waals surface area (Å²) in [4.78, 5) is 0. The molecule has 0 aliphatic carbocycles. The third kappa shape index (κ3) is 4.63. The molecule has 0 saturated heterocycles. The summed E-state index contributed by atoms with van der Waals surface area (Å²) in [6.07, 6.45) is -10.7. The lowest BCUT2D eigenvalue weighted by Gasteiger charge is -2.19. The summed E-state index contributed by atoms with van der Waals surface area (Å²) < 4.78 is 74.6. The van der Waals surface area contributed by atoms with E-state index in [-0.39, 0.29) is 0 Å². The van der Waals surface area contributed by atoms with Gasteiger partial charge in [0, 0.05) is 12.6 Å². The number of halogens is 7. The van der Waals surface area contributed by atoms with Gasteiger partial charge in [-0.25, -0.2) is 0 Å². The van der Waals surface area contributed by atoms with Crippen LogP contribution in [0.5, 0.6) is 0 Å². The maximum Gasteiger partial charge on any atom is 0.436 e. The van der Waals surface area contributed by atoms with E-state index in [1.165, 1.54) is 12.1 Å². The van der Waals surface area contributed by atoms with Crippen LogP contribution in [0, 0.1) is 28.1 Å². The molecule has 1 heterocycles. The largest absolute Gasteiger partial charge is 0.436 e. The fourth-order valence-electron chi connectivity index (χ4n) is 1.59. The molecular formula is C11H7BrF6N4. The molecule has 0 spiro atoms. The van der Waals surface area contributed by atoms with Crippen molar-refractivity contribution in [3.05, 3.63) is 16.4 Å². The van der Waals surface area contributed by atoms with Crippen LogP contribution >= 0.6 is 15.9 Å². The topological polar surface area (TPSA) is 65.4 Å². The second-order valence-corrected chi connectivity index (χ2v) is 5.30. The maximum absolute atomic E-state index is 12.6. The lowest BCUT2D eigenvalue weighted by atomic mass is 9.86. The van der Waals surface area contributed by atoms with Gasteiger partial charge in [0.05, 0.1) is 23.2 Å². The van der Waals surface area contributed by atoms with E-state index in [2.05, 4.69) is 21.0 Å². The molecule has 0 fully saturated rings. The van der Waals surface area contributed by atoms with E-state index in [1.807, 2.05) is 0 Å². The molecule has 0 aliphatic rings. The molecule has 0 bridgehead atoms. The van der Waals surface area contributed by atoms with E-state index < -0.39 is 47.3 Å². The second-order valence-electron chi connectivity index (χ2n) is 4.44. The average molecular weight is 389 g/mol. The normalized spacial score (nSPS) is 12.8. The standard InChI is InChI=1S/C11H7BrF6N4/c12-7-3-22(21-8(7)11(16,17)18)6-9(4-19,5-20)1-2-10(13,14)15/h3H,1-2,6H2. The van der Waals surface area contributed by atoms with Gasteiger partial charge in [0.2, 0.25) is 0 Å². The molecular weight excluding hydrogens is 382 g/mol. The SMILES string of the molecule is N#CC(C#N)(CCC(F)(F)F)Cn1cc(Br)c(C(F)(F)F)n1. The molecule has 11 heteroatoms. The third-order valence-electron chi connectivity index (χ3n) is 2.68. The summed E-state index contributed by atoms with van der Waals surface area (Å²) in [6.45, 7) is -0.704. The van der Waals surface area contributed by atoms with Crippen molar-refractivity contribution in [1.82, 2.24) is 9.78 Å². The summed E-state index contributed by atoms with van der Waals surface area (Å²) in [5.41, 5.74) is -3.41. The van der Waals surface area contributed by atoms with Crippen LogP contribution in [-0.2, 0) is 12.7 Å². The van der Waals surface area contributed by atoms with Gasteiger partial charge in [0.1, 0.15) is 0 Å². The van der Waals surface area contributed by atoms with Gasteiger partial charge in [0.15, 0.2) is 11.1 Å². The van der Waals surface area contributed by atoms with Gasteiger partial charge in [-0.3, -0.25) is 4.68 Å². The Labute approximate surface area is 129 Å². The minimum atomic E-state index is -4.77. The van der Waals surface area contributed by atoms with Crippen molar-refractivity contribution < 1.29 is 26.3 Å². The number of nitrogens with zero attached hydrogens (tertiary/aromatic N) is 4. The van der Waals surface area contributed by atoms with Crippen LogP contribution in [0.2, 0.25) is 0 Å². The van der Waals surface area contributed by atoms with Crippen molar-refractivity contribution in [2.24, 2.45) is 5.41 Å². The molecule has 0 atom stereocenters. The highest BCUT2D eigenvalue weighted by Crippen LogP contribution is 2.35. The van der Waals surface area contributed by atoms with E-state index in [0.29, 0.717) is 4.68 Å². The molecule has 0 amide bonds. The van der Waals surface area contributed by atoms with E-state index in [1.54, 1.807) is 0 Å². The van der Waals surface area contributed by atoms with E-state index >= 15 is 0 Å². The molecule has 120 valence electrons. The van der Waals surface area contributed by atoms with Crippen LogP contribution in [0.1, 0.15) is 18.5 Å². The lowest BCUT2D eigenvalue weighted by molar-refractivity contribution is -0.142. The second kappa shape index (κ2) is 6.16. The molecule has 0 unspecified atom stereocenters. The zero-order chi connectivity index (χ0) is 17.2. The molecule has 4 nitrogen and oxygen atoms in total. The first-order chi connectivity index (χ1) is 9.92. The Balaban J connectivity index is 3.03. The minimum absolute atomic E-state index is 0.430. The van der Waals surface area contributed by atoms with Crippen molar-refractivity contribution in [3.8, 4) is 12.1 Å². The first kappa shape index (κ1) is 18.3. The summed E-state index contributed by atoms with van der Waals surface area (Å²) in [5, 5.41) is 21.1. The predicted octanol–water partition coefficient (Wildman–Crippen LogP) is 4.04. The van der Waals surface area contributed by atoms with E-state index in [4.69, 9.17) is 10.5 Å². The van der Waals surface area contributed by atoms with E-state index in [9.17, 15) is 26.3 Å². The monoisotopic (exact) mass is 388 g/mol. The number of nitriles is 2. The molecule has 0 radical (unpaired) electrons. The fraction of sp³-hybridized carbons (Fsp3) is 0.545. The molecule has 0 saturated carbocycles. The molecule has 1 aromatic rings. The summed E-state index contributed by atoms with van der Waals surface area (Å²) in [5.74, 6) is 0. The molecule has 0 aromatic carbocycles. The Morgan fingerprint density at radius 2 is 1.64 bits per heavy atom. The number of rotatable bonds is 4. The van der Waals surface area contributed by atoms with Crippen molar-refractivity contribution in [2.45, 2.75) is 31.7 Å². The molecule has 0 aliphatic heterocycles. The Morgan fingerprint density at radius 1 is 1.09 bits per heavy atom. The van der Waals surface area contributed by atoms with Gasteiger partial charge in [-0.05, 0) is 22.4 Å². The van der Waals surface area contributed by atoms with Gasteiger partial charge < -0.3 is 0 Å². The Bertz CT molecular complexity index is 604. The molecule has 1 rings (SSSR count). The van der Waals surface area contributed by atoms with Gasteiger partial charge >= 0.3 is 12.4 Å². The Kier molecular flexibility index (Phi) is 5.13. The minimum Gasteiger partial charge on any atom is -0.268 e. The third-order valence-corrected chi connectivity index (χ3v) is 3.26. The zero-order valence-corrected chi connectivity index (χ0v) is 12.2. The molecule has 0 N–H and O–H groups in total. The van der Waals surface area contributed by atoms with E-state index in [0.717, 1.165) is 6.20 Å². The van der Waals surface area contributed by atoms with Gasteiger partial charge in [-0.1, -0.05) is 0 Å². The first-order valence-corrected chi connectivity index (χ1v) is 6.41. The van der Waals surface area contributed by atoms with Crippen molar-refractivity contribution >= 4 is 15.9 Å². The first-order valence-electron chi connectivity index (χ1n) is 5.62. The van der Waals surface area contributed by atoms with Crippen LogP contribution in [0.3, 0.4) is 0 Å². The quantitative estimate of drug-likeness (QED) is 0.731. The predicted molar refractivity (Wildman–Crippen MR) is 63.9 cm³/mol.